The number of ether oxygens (including phenoxy) is 2. The lowest BCUT2D eigenvalue weighted by molar-refractivity contribution is 0.171. The van der Waals surface area contributed by atoms with Crippen molar-refractivity contribution in [2.75, 3.05) is 13.2 Å². The topological polar surface area (TPSA) is 18.5 Å². The Balaban J connectivity index is 1.57. The molecule has 1 heterocycles. The van der Waals surface area contributed by atoms with Crippen molar-refractivity contribution in [3.63, 3.8) is 0 Å². The van der Waals surface area contributed by atoms with Crippen molar-refractivity contribution in [3.8, 4) is 11.5 Å². The standard InChI is InChI=1S/C15H17ClO2/c16-15(14-10-2-1-3-11(10)14)9-4-5-12-13(8-9)18-7-6-17-12/h4-5,8,10-11,14-15H,1-3,6-7H2. The van der Waals surface area contributed by atoms with Gasteiger partial charge in [0.15, 0.2) is 11.5 Å². The SMILES string of the molecule is ClC(c1ccc2c(c1)OCCO2)C1C2CCCC21. The first-order chi connectivity index (χ1) is 8.84. The molecule has 0 saturated heterocycles. The molecule has 2 nitrogen and oxygen atoms in total. The van der Waals surface area contributed by atoms with Gasteiger partial charge in [0.05, 0.1) is 5.38 Å². The van der Waals surface area contributed by atoms with Crippen LogP contribution in [0.4, 0.5) is 0 Å². The Hall–Kier alpha value is -0.890. The number of rotatable bonds is 2. The molecule has 3 unspecified atom stereocenters. The van der Waals surface area contributed by atoms with Crippen molar-refractivity contribution in [2.24, 2.45) is 17.8 Å². The summed E-state index contributed by atoms with van der Waals surface area (Å²) in [6.45, 7) is 1.28. The average molecular weight is 265 g/mol. The molecule has 2 saturated carbocycles. The maximum atomic E-state index is 6.65. The summed E-state index contributed by atoms with van der Waals surface area (Å²) in [5, 5.41) is 0.149. The van der Waals surface area contributed by atoms with Crippen LogP contribution in [0.25, 0.3) is 0 Å². The minimum absolute atomic E-state index is 0.149. The molecule has 0 bridgehead atoms. The zero-order valence-electron chi connectivity index (χ0n) is 10.3. The van der Waals surface area contributed by atoms with Gasteiger partial charge in [-0.25, -0.2) is 0 Å². The third kappa shape index (κ3) is 1.62. The summed E-state index contributed by atoms with van der Waals surface area (Å²) < 4.78 is 11.2. The van der Waals surface area contributed by atoms with Crippen molar-refractivity contribution in [1.29, 1.82) is 0 Å². The highest BCUT2D eigenvalue weighted by Crippen LogP contribution is 2.64. The van der Waals surface area contributed by atoms with Gasteiger partial charge in [-0.15, -0.1) is 11.6 Å². The Kier molecular flexibility index (Phi) is 2.47. The van der Waals surface area contributed by atoms with E-state index < -0.39 is 0 Å². The summed E-state index contributed by atoms with van der Waals surface area (Å²) in [7, 11) is 0. The fourth-order valence-electron chi connectivity index (χ4n) is 3.76. The Labute approximate surface area is 112 Å². The van der Waals surface area contributed by atoms with E-state index in [-0.39, 0.29) is 5.38 Å². The van der Waals surface area contributed by atoms with Crippen LogP contribution in [-0.4, -0.2) is 13.2 Å². The van der Waals surface area contributed by atoms with E-state index in [0.717, 1.165) is 23.3 Å². The molecule has 0 amide bonds. The van der Waals surface area contributed by atoms with Crippen LogP contribution in [0.5, 0.6) is 11.5 Å². The zero-order chi connectivity index (χ0) is 12.1. The van der Waals surface area contributed by atoms with Crippen LogP contribution in [-0.2, 0) is 0 Å². The molecule has 0 aromatic heterocycles. The lowest BCUT2D eigenvalue weighted by Gasteiger charge is -2.20. The molecule has 3 atom stereocenters. The predicted molar refractivity (Wildman–Crippen MR) is 70.3 cm³/mol. The second kappa shape index (κ2) is 4.06. The molecular weight excluding hydrogens is 248 g/mol. The molecule has 0 spiro atoms. The summed E-state index contributed by atoms with van der Waals surface area (Å²) >= 11 is 6.65. The van der Waals surface area contributed by atoms with Crippen LogP contribution in [0.1, 0.15) is 30.2 Å². The highest BCUT2D eigenvalue weighted by Gasteiger charge is 2.55. The van der Waals surface area contributed by atoms with Gasteiger partial charge in [0.25, 0.3) is 0 Å². The van der Waals surface area contributed by atoms with Crippen molar-refractivity contribution in [2.45, 2.75) is 24.6 Å². The van der Waals surface area contributed by atoms with Crippen LogP contribution < -0.4 is 9.47 Å². The highest BCUT2D eigenvalue weighted by atomic mass is 35.5. The highest BCUT2D eigenvalue weighted by molar-refractivity contribution is 6.21. The monoisotopic (exact) mass is 264 g/mol. The van der Waals surface area contributed by atoms with Crippen molar-refractivity contribution in [3.05, 3.63) is 23.8 Å². The summed E-state index contributed by atoms with van der Waals surface area (Å²) in [5.41, 5.74) is 1.19. The Morgan fingerprint density at radius 2 is 1.78 bits per heavy atom. The van der Waals surface area contributed by atoms with E-state index in [2.05, 4.69) is 12.1 Å². The fourth-order valence-corrected chi connectivity index (χ4v) is 4.27. The Bertz CT molecular complexity index is 464. The minimum atomic E-state index is 0.149. The number of fused-ring (bicyclic) bond motifs is 2. The second-order valence-electron chi connectivity index (χ2n) is 5.64. The molecule has 0 N–H and O–H groups in total. The molecule has 96 valence electrons. The fraction of sp³-hybridized carbons (Fsp3) is 0.600. The van der Waals surface area contributed by atoms with Crippen molar-refractivity contribution in [1.82, 2.24) is 0 Å². The van der Waals surface area contributed by atoms with E-state index in [0.29, 0.717) is 19.1 Å². The summed E-state index contributed by atoms with van der Waals surface area (Å²) in [5.74, 6) is 4.18. The number of halogens is 1. The van der Waals surface area contributed by atoms with Gasteiger partial charge >= 0.3 is 0 Å². The molecule has 3 heteroatoms. The molecule has 2 fully saturated rings. The zero-order valence-corrected chi connectivity index (χ0v) is 11.0. The summed E-state index contributed by atoms with van der Waals surface area (Å²) in [6, 6.07) is 6.16. The van der Waals surface area contributed by atoms with Gasteiger partial charge < -0.3 is 9.47 Å². The lowest BCUT2D eigenvalue weighted by atomic mass is 10.0. The number of benzene rings is 1. The third-order valence-corrected chi connectivity index (χ3v) is 5.24. The smallest absolute Gasteiger partial charge is 0.161 e. The van der Waals surface area contributed by atoms with E-state index in [9.17, 15) is 0 Å². The molecule has 3 aliphatic rings. The first-order valence-electron chi connectivity index (χ1n) is 6.88. The first-order valence-corrected chi connectivity index (χ1v) is 7.32. The van der Waals surface area contributed by atoms with Crippen LogP contribution in [0.3, 0.4) is 0 Å². The predicted octanol–water partition coefficient (Wildman–Crippen LogP) is 3.78. The van der Waals surface area contributed by atoms with Gasteiger partial charge in [-0.1, -0.05) is 12.5 Å². The maximum Gasteiger partial charge on any atom is 0.161 e. The molecule has 0 radical (unpaired) electrons. The van der Waals surface area contributed by atoms with Gasteiger partial charge in [-0.05, 0) is 48.3 Å². The number of hydrogen-bond donors (Lipinski definition) is 0. The molecule has 1 aromatic rings. The quantitative estimate of drug-likeness (QED) is 0.757. The molecule has 1 aliphatic heterocycles. The number of alkyl halides is 1. The minimum Gasteiger partial charge on any atom is -0.486 e. The van der Waals surface area contributed by atoms with Gasteiger partial charge in [-0.2, -0.15) is 0 Å². The van der Waals surface area contributed by atoms with E-state index in [1.165, 1.54) is 24.8 Å². The normalized spacial score (nSPS) is 33.9. The van der Waals surface area contributed by atoms with Gasteiger partial charge in [0, 0.05) is 0 Å². The van der Waals surface area contributed by atoms with Crippen LogP contribution >= 0.6 is 11.6 Å². The molecule has 2 aliphatic carbocycles. The number of hydrogen-bond acceptors (Lipinski definition) is 2. The summed E-state index contributed by atoms with van der Waals surface area (Å²) in [4.78, 5) is 0. The molecule has 1 aromatic carbocycles. The van der Waals surface area contributed by atoms with E-state index >= 15 is 0 Å². The van der Waals surface area contributed by atoms with Crippen molar-refractivity contribution < 1.29 is 9.47 Å². The van der Waals surface area contributed by atoms with Gasteiger partial charge in [-0.3, -0.25) is 0 Å². The van der Waals surface area contributed by atoms with E-state index in [1.54, 1.807) is 0 Å². The average Bonchev–Trinajstić information content (AvgIpc) is 2.90. The van der Waals surface area contributed by atoms with Crippen LogP contribution in [0.2, 0.25) is 0 Å². The Morgan fingerprint density at radius 1 is 1.06 bits per heavy atom. The van der Waals surface area contributed by atoms with Crippen LogP contribution in [0.15, 0.2) is 18.2 Å². The molecular formula is C15H17ClO2. The van der Waals surface area contributed by atoms with Crippen LogP contribution in [0, 0.1) is 17.8 Å². The molecule has 4 rings (SSSR count). The maximum absolute atomic E-state index is 6.65. The van der Waals surface area contributed by atoms with Gasteiger partial charge in [0.1, 0.15) is 13.2 Å². The molecule has 18 heavy (non-hydrogen) atoms. The Morgan fingerprint density at radius 3 is 2.56 bits per heavy atom. The van der Waals surface area contributed by atoms with Gasteiger partial charge in [0.2, 0.25) is 0 Å². The third-order valence-electron chi connectivity index (χ3n) is 4.70. The lowest BCUT2D eigenvalue weighted by Crippen LogP contribution is -2.15. The van der Waals surface area contributed by atoms with Crippen molar-refractivity contribution >= 4 is 11.6 Å². The first kappa shape index (κ1) is 11.0. The largest absolute Gasteiger partial charge is 0.486 e. The van der Waals surface area contributed by atoms with E-state index in [1.807, 2.05) is 6.07 Å². The second-order valence-corrected chi connectivity index (χ2v) is 6.11. The summed E-state index contributed by atoms with van der Waals surface area (Å²) in [6.07, 6.45) is 4.16. The van der Waals surface area contributed by atoms with E-state index in [4.69, 9.17) is 21.1 Å².